The third kappa shape index (κ3) is 3.15. The average Bonchev–Trinajstić information content (AvgIpc) is 3.35. The second-order valence-electron chi connectivity index (χ2n) is 9.91. The van der Waals surface area contributed by atoms with E-state index in [1.807, 2.05) is 48.6 Å². The van der Waals surface area contributed by atoms with E-state index in [2.05, 4.69) is 24.3 Å². The molecule has 1 aliphatic heterocycles. The van der Waals surface area contributed by atoms with Crippen molar-refractivity contribution in [1.82, 2.24) is 0 Å². The molecule has 1 heterocycles. The number of imide groups is 1. The van der Waals surface area contributed by atoms with Crippen LogP contribution in [0.4, 0.5) is 11.4 Å². The van der Waals surface area contributed by atoms with E-state index in [0.29, 0.717) is 31.4 Å². The molecule has 180 valence electrons. The van der Waals surface area contributed by atoms with Gasteiger partial charge in [-0.2, -0.15) is 5.23 Å². The molecule has 0 aromatic heterocycles. The third-order valence-corrected chi connectivity index (χ3v) is 8.12. The average molecular weight is 479 g/mol. The highest BCUT2D eigenvalue weighted by Gasteiger charge is 2.72. The summed E-state index contributed by atoms with van der Waals surface area (Å²) in [5.41, 5.74) is 3.27. The normalized spacial score (nSPS) is 25.6. The summed E-state index contributed by atoms with van der Waals surface area (Å²) in [4.78, 5) is 29.6. The lowest BCUT2D eigenvalue weighted by atomic mass is 9.61. The molecule has 2 N–H and O–H groups in total. The molecule has 1 saturated heterocycles. The van der Waals surface area contributed by atoms with Crippen LogP contribution >= 0.6 is 0 Å². The van der Waals surface area contributed by atoms with E-state index in [1.54, 1.807) is 12.1 Å². The zero-order chi connectivity index (χ0) is 24.9. The number of quaternary nitrogens is 1. The minimum Gasteiger partial charge on any atom is -0.595 e. The van der Waals surface area contributed by atoms with E-state index in [-0.39, 0.29) is 17.5 Å². The second-order valence-corrected chi connectivity index (χ2v) is 9.91. The molecule has 0 bridgehead atoms. The van der Waals surface area contributed by atoms with Crippen molar-refractivity contribution >= 4 is 28.8 Å². The standard InChI is InChI=1S/C30H26N2O4/c33-27-29-17-7-8-18-30(29,28(34)31(27)24-13-15-25(16-14-24)32(35)36)20-23(19-29)26(21-9-3-1-4-10-21)22-11-5-2-6-12-22/h1-16,32,35H,17-20H2/t29-,30+. The zero-order valence-electron chi connectivity index (χ0n) is 19.7. The van der Waals surface area contributed by atoms with E-state index in [4.69, 9.17) is 0 Å². The van der Waals surface area contributed by atoms with Crippen molar-refractivity contribution in [3.63, 3.8) is 0 Å². The van der Waals surface area contributed by atoms with Crippen molar-refractivity contribution in [1.29, 1.82) is 0 Å². The van der Waals surface area contributed by atoms with Crippen LogP contribution in [-0.2, 0) is 9.59 Å². The Kier molecular flexibility index (Phi) is 5.26. The number of nitrogens with one attached hydrogen (secondary N) is 1. The summed E-state index contributed by atoms with van der Waals surface area (Å²) in [7, 11) is 0. The van der Waals surface area contributed by atoms with Gasteiger partial charge in [0.2, 0.25) is 11.8 Å². The summed E-state index contributed by atoms with van der Waals surface area (Å²) >= 11 is 0. The van der Waals surface area contributed by atoms with Crippen molar-refractivity contribution in [2.45, 2.75) is 25.7 Å². The minimum atomic E-state index is -1.04. The van der Waals surface area contributed by atoms with Gasteiger partial charge in [0.25, 0.3) is 0 Å². The van der Waals surface area contributed by atoms with Crippen molar-refractivity contribution in [3.05, 3.63) is 119 Å². The number of hydrogen-bond acceptors (Lipinski definition) is 4. The third-order valence-electron chi connectivity index (χ3n) is 8.12. The first-order chi connectivity index (χ1) is 17.5. The van der Waals surface area contributed by atoms with Crippen LogP contribution in [0, 0.1) is 16.0 Å². The Labute approximate surface area is 209 Å². The molecule has 3 atom stereocenters. The first-order valence-corrected chi connectivity index (χ1v) is 12.2. The highest BCUT2D eigenvalue weighted by atomic mass is 16.8. The van der Waals surface area contributed by atoms with Gasteiger partial charge in [-0.3, -0.25) is 9.59 Å². The summed E-state index contributed by atoms with van der Waals surface area (Å²) in [5, 5.41) is 19.5. The Morgan fingerprint density at radius 2 is 1.22 bits per heavy atom. The fraction of sp³-hybridized carbons (Fsp3) is 0.200. The molecule has 3 aromatic rings. The first-order valence-electron chi connectivity index (χ1n) is 12.2. The van der Waals surface area contributed by atoms with Gasteiger partial charge in [0.05, 0.1) is 16.5 Å². The number of allylic oxidation sites excluding steroid dienone is 3. The number of hydrogen-bond donors (Lipinski definition) is 2. The monoisotopic (exact) mass is 478 g/mol. The number of carbonyl (C=O) groups excluding carboxylic acids is 2. The van der Waals surface area contributed by atoms with Crippen LogP contribution in [0.25, 0.3) is 5.57 Å². The molecule has 3 aliphatic rings. The number of anilines is 1. The van der Waals surface area contributed by atoms with Gasteiger partial charge in [0.1, 0.15) is 0 Å². The molecule has 2 amide bonds. The van der Waals surface area contributed by atoms with Crippen molar-refractivity contribution in [2.75, 3.05) is 4.90 Å². The van der Waals surface area contributed by atoms with Gasteiger partial charge in [-0.05, 0) is 54.5 Å². The minimum absolute atomic E-state index is 0.119. The number of carbonyl (C=O) groups is 2. The SMILES string of the molecule is O=C1N(c2ccc([NH+]([O-])O)cc2)C(=O)[C@]23CC=CC[C@]12CC(=C(c1ccccc1)c1ccccc1)C3. The van der Waals surface area contributed by atoms with Gasteiger partial charge < -0.3 is 5.21 Å². The highest BCUT2D eigenvalue weighted by Crippen LogP contribution is 2.67. The van der Waals surface area contributed by atoms with E-state index in [1.165, 1.54) is 17.0 Å². The molecule has 2 aliphatic carbocycles. The number of nitrogens with zero attached hydrogens (tertiary/aromatic N) is 1. The quantitative estimate of drug-likeness (QED) is 0.327. The van der Waals surface area contributed by atoms with Crippen LogP contribution in [0.5, 0.6) is 0 Å². The first kappa shape index (κ1) is 22.6. The zero-order valence-corrected chi connectivity index (χ0v) is 19.7. The van der Waals surface area contributed by atoms with Crippen LogP contribution in [-0.4, -0.2) is 17.0 Å². The maximum atomic E-state index is 14.1. The molecule has 36 heavy (non-hydrogen) atoms. The summed E-state index contributed by atoms with van der Waals surface area (Å²) in [5.74, 6) is -0.370. The summed E-state index contributed by atoms with van der Waals surface area (Å²) in [6.45, 7) is 0. The Morgan fingerprint density at radius 1 is 0.750 bits per heavy atom. The van der Waals surface area contributed by atoms with Gasteiger partial charge in [-0.15, -0.1) is 0 Å². The number of benzene rings is 3. The fourth-order valence-electron chi connectivity index (χ4n) is 6.44. The van der Waals surface area contributed by atoms with Gasteiger partial charge in [-0.1, -0.05) is 78.4 Å². The van der Waals surface area contributed by atoms with Crippen LogP contribution < -0.4 is 10.1 Å². The van der Waals surface area contributed by atoms with E-state index in [9.17, 15) is 20.0 Å². The Morgan fingerprint density at radius 3 is 1.67 bits per heavy atom. The molecular formula is C30H26N2O4. The van der Waals surface area contributed by atoms with E-state index >= 15 is 0 Å². The van der Waals surface area contributed by atoms with Gasteiger partial charge in [-0.25, -0.2) is 10.1 Å². The molecule has 3 aromatic carbocycles. The molecule has 2 fully saturated rings. The lowest BCUT2D eigenvalue weighted by Crippen LogP contribution is -2.99. The fourth-order valence-corrected chi connectivity index (χ4v) is 6.44. The Balaban J connectivity index is 1.49. The molecule has 6 nitrogen and oxygen atoms in total. The van der Waals surface area contributed by atoms with Gasteiger partial charge in [0, 0.05) is 12.1 Å². The highest BCUT2D eigenvalue weighted by molar-refractivity contribution is 6.26. The Bertz CT molecular complexity index is 1320. The summed E-state index contributed by atoms with van der Waals surface area (Å²) in [6, 6.07) is 26.4. The molecule has 0 radical (unpaired) electrons. The molecule has 6 rings (SSSR count). The van der Waals surface area contributed by atoms with Crippen LogP contribution in [0.2, 0.25) is 0 Å². The molecule has 1 unspecified atom stereocenters. The largest absolute Gasteiger partial charge is 0.595 e. The smallest absolute Gasteiger partial charge is 0.241 e. The Hall–Kier alpha value is -3.84. The maximum absolute atomic E-state index is 14.1. The molecule has 0 spiro atoms. The molecule has 1 saturated carbocycles. The van der Waals surface area contributed by atoms with E-state index in [0.717, 1.165) is 22.3 Å². The number of rotatable bonds is 4. The van der Waals surface area contributed by atoms with Crippen LogP contribution in [0.3, 0.4) is 0 Å². The van der Waals surface area contributed by atoms with Gasteiger partial charge >= 0.3 is 0 Å². The topological polar surface area (TPSA) is 85.1 Å². The molecule has 6 heteroatoms. The van der Waals surface area contributed by atoms with Crippen molar-refractivity contribution in [3.8, 4) is 0 Å². The van der Waals surface area contributed by atoms with Crippen LogP contribution in [0.1, 0.15) is 36.8 Å². The number of amides is 2. The van der Waals surface area contributed by atoms with Crippen molar-refractivity contribution < 1.29 is 20.0 Å². The molecular weight excluding hydrogens is 452 g/mol. The van der Waals surface area contributed by atoms with E-state index < -0.39 is 16.1 Å². The van der Waals surface area contributed by atoms with Crippen molar-refractivity contribution in [2.24, 2.45) is 10.8 Å². The predicted molar refractivity (Wildman–Crippen MR) is 136 cm³/mol. The second kappa shape index (κ2) is 8.38. The lowest BCUT2D eigenvalue weighted by molar-refractivity contribution is -0.991. The lowest BCUT2D eigenvalue weighted by Gasteiger charge is -2.36. The van der Waals surface area contributed by atoms with Gasteiger partial charge in [0.15, 0.2) is 5.69 Å². The summed E-state index contributed by atoms with van der Waals surface area (Å²) < 4.78 is 0. The summed E-state index contributed by atoms with van der Waals surface area (Å²) in [6.07, 6.45) is 6.14. The predicted octanol–water partition coefficient (Wildman–Crippen LogP) is 4.58. The maximum Gasteiger partial charge on any atom is 0.241 e. The van der Waals surface area contributed by atoms with Crippen LogP contribution in [0.15, 0.2) is 103 Å².